The molecule has 0 aromatic heterocycles. The van der Waals surface area contributed by atoms with E-state index >= 15 is 0 Å². The van der Waals surface area contributed by atoms with Gasteiger partial charge in [0.1, 0.15) is 12.4 Å². The lowest BCUT2D eigenvalue weighted by Gasteiger charge is -2.11. The molecule has 0 aliphatic carbocycles. The first-order valence-electron chi connectivity index (χ1n) is 7.09. The zero-order valence-electron chi connectivity index (χ0n) is 12.7. The first-order chi connectivity index (χ1) is 10.7. The minimum Gasteiger partial charge on any atom is -0.490 e. The summed E-state index contributed by atoms with van der Waals surface area (Å²) >= 11 is 0. The van der Waals surface area contributed by atoms with E-state index < -0.39 is 0 Å². The van der Waals surface area contributed by atoms with Gasteiger partial charge in [-0.05, 0) is 32.0 Å². The third-order valence-electron chi connectivity index (χ3n) is 2.91. The van der Waals surface area contributed by atoms with Crippen molar-refractivity contribution in [3.63, 3.8) is 0 Å². The van der Waals surface area contributed by atoms with Crippen LogP contribution < -0.4 is 4.74 Å². The van der Waals surface area contributed by atoms with Gasteiger partial charge in [0.05, 0.1) is 24.0 Å². The number of nitrogens with zero attached hydrogens (tertiary/aromatic N) is 2. The van der Waals surface area contributed by atoms with Gasteiger partial charge in [-0.25, -0.2) is 0 Å². The van der Waals surface area contributed by atoms with E-state index in [9.17, 15) is 0 Å². The number of para-hydroxylation sites is 1. The molecule has 0 unspecified atom stereocenters. The molecule has 0 N–H and O–H groups in total. The van der Waals surface area contributed by atoms with Crippen LogP contribution in [-0.2, 0) is 11.4 Å². The molecule has 0 aliphatic rings. The van der Waals surface area contributed by atoms with E-state index in [1.54, 1.807) is 12.3 Å². The summed E-state index contributed by atoms with van der Waals surface area (Å²) in [5.41, 5.74) is 2.26. The van der Waals surface area contributed by atoms with Crippen molar-refractivity contribution in [1.29, 1.82) is 5.26 Å². The number of ether oxygens (including phenoxy) is 1. The Labute approximate surface area is 130 Å². The maximum absolute atomic E-state index is 9.01. The zero-order valence-corrected chi connectivity index (χ0v) is 12.7. The van der Waals surface area contributed by atoms with Crippen molar-refractivity contribution in [3.8, 4) is 11.8 Å². The molecular weight excluding hydrogens is 276 g/mol. The SMILES string of the molecule is CC(C)Oc1ccccc1/C=N/OCc1ccccc1C#N. The van der Waals surface area contributed by atoms with Crippen LogP contribution >= 0.6 is 0 Å². The molecule has 112 valence electrons. The summed E-state index contributed by atoms with van der Waals surface area (Å²) in [6.07, 6.45) is 1.71. The largest absolute Gasteiger partial charge is 0.490 e. The van der Waals surface area contributed by atoms with Crippen LogP contribution in [0, 0.1) is 11.3 Å². The van der Waals surface area contributed by atoms with Crippen molar-refractivity contribution in [1.82, 2.24) is 0 Å². The zero-order chi connectivity index (χ0) is 15.8. The van der Waals surface area contributed by atoms with Gasteiger partial charge in [-0.3, -0.25) is 0 Å². The highest BCUT2D eigenvalue weighted by atomic mass is 16.6. The van der Waals surface area contributed by atoms with Gasteiger partial charge >= 0.3 is 0 Å². The molecular formula is C18H18N2O2. The van der Waals surface area contributed by atoms with Crippen molar-refractivity contribution in [2.75, 3.05) is 0 Å². The number of nitriles is 1. The average molecular weight is 294 g/mol. The summed E-state index contributed by atoms with van der Waals surface area (Å²) in [5.74, 6) is 0.766. The van der Waals surface area contributed by atoms with E-state index in [0.29, 0.717) is 5.56 Å². The molecule has 0 spiro atoms. The molecule has 2 aromatic carbocycles. The summed E-state index contributed by atoms with van der Waals surface area (Å²) in [4.78, 5) is 5.29. The molecule has 4 heteroatoms. The number of oxime groups is 1. The van der Waals surface area contributed by atoms with Gasteiger partial charge in [-0.1, -0.05) is 35.5 Å². The van der Waals surface area contributed by atoms with Gasteiger partial charge in [0.2, 0.25) is 0 Å². The molecule has 22 heavy (non-hydrogen) atoms. The van der Waals surface area contributed by atoms with Crippen LogP contribution in [0.5, 0.6) is 5.75 Å². The first kappa shape index (κ1) is 15.6. The number of hydrogen-bond donors (Lipinski definition) is 0. The fourth-order valence-corrected chi connectivity index (χ4v) is 1.90. The molecule has 4 nitrogen and oxygen atoms in total. The van der Waals surface area contributed by atoms with E-state index in [1.165, 1.54) is 0 Å². The van der Waals surface area contributed by atoms with Gasteiger partial charge < -0.3 is 9.57 Å². The van der Waals surface area contributed by atoms with E-state index in [2.05, 4.69) is 11.2 Å². The Kier molecular flexibility index (Phi) is 5.56. The van der Waals surface area contributed by atoms with E-state index in [4.69, 9.17) is 14.8 Å². The molecule has 0 saturated carbocycles. The summed E-state index contributed by atoms with van der Waals surface area (Å²) < 4.78 is 5.71. The summed E-state index contributed by atoms with van der Waals surface area (Å²) in [5, 5.41) is 13.0. The Hall–Kier alpha value is -2.80. The lowest BCUT2D eigenvalue weighted by molar-refractivity contribution is 0.132. The monoisotopic (exact) mass is 294 g/mol. The van der Waals surface area contributed by atoms with Gasteiger partial charge in [0.25, 0.3) is 0 Å². The lowest BCUT2D eigenvalue weighted by atomic mass is 10.1. The average Bonchev–Trinajstić information content (AvgIpc) is 2.53. The van der Waals surface area contributed by atoms with E-state index in [0.717, 1.165) is 16.9 Å². The summed E-state index contributed by atoms with van der Waals surface area (Å²) in [6.45, 7) is 4.21. The summed E-state index contributed by atoms with van der Waals surface area (Å²) in [6, 6.07) is 17.1. The van der Waals surface area contributed by atoms with Crippen molar-refractivity contribution in [3.05, 3.63) is 65.2 Å². The standard InChI is InChI=1S/C18H18N2O2/c1-14(2)22-18-10-6-5-8-16(18)12-20-21-13-17-9-4-3-7-15(17)11-19/h3-10,12,14H,13H2,1-2H3/b20-12+. The Morgan fingerprint density at radius 2 is 1.86 bits per heavy atom. The van der Waals surface area contributed by atoms with Crippen LogP contribution in [0.2, 0.25) is 0 Å². The molecule has 2 aromatic rings. The third-order valence-corrected chi connectivity index (χ3v) is 2.91. The van der Waals surface area contributed by atoms with Crippen LogP contribution in [0.4, 0.5) is 0 Å². The third kappa shape index (κ3) is 4.35. The maximum atomic E-state index is 9.01. The van der Waals surface area contributed by atoms with Gasteiger partial charge in [0.15, 0.2) is 0 Å². The number of hydrogen-bond acceptors (Lipinski definition) is 4. The molecule has 0 heterocycles. The summed E-state index contributed by atoms with van der Waals surface area (Å²) in [7, 11) is 0. The molecule has 2 rings (SSSR count). The minimum atomic E-state index is 0.0953. The highest BCUT2D eigenvalue weighted by Gasteiger charge is 2.03. The second kappa shape index (κ2) is 7.84. The Morgan fingerprint density at radius 3 is 2.64 bits per heavy atom. The van der Waals surface area contributed by atoms with Crippen LogP contribution in [-0.4, -0.2) is 12.3 Å². The highest BCUT2D eigenvalue weighted by Crippen LogP contribution is 2.17. The van der Waals surface area contributed by atoms with E-state index in [1.807, 2.05) is 56.3 Å². The second-order valence-corrected chi connectivity index (χ2v) is 4.98. The first-order valence-corrected chi connectivity index (χ1v) is 7.09. The molecule has 0 aliphatic heterocycles. The second-order valence-electron chi connectivity index (χ2n) is 4.98. The number of rotatable bonds is 6. The predicted molar refractivity (Wildman–Crippen MR) is 85.7 cm³/mol. The molecule has 0 radical (unpaired) electrons. The van der Waals surface area contributed by atoms with Gasteiger partial charge in [-0.2, -0.15) is 5.26 Å². The number of benzene rings is 2. The molecule has 0 fully saturated rings. The Morgan fingerprint density at radius 1 is 1.14 bits per heavy atom. The van der Waals surface area contributed by atoms with Crippen LogP contribution in [0.1, 0.15) is 30.5 Å². The van der Waals surface area contributed by atoms with Gasteiger partial charge in [0, 0.05) is 11.1 Å². The fraction of sp³-hybridized carbons (Fsp3) is 0.222. The van der Waals surface area contributed by atoms with Crippen molar-refractivity contribution >= 4 is 6.21 Å². The maximum Gasteiger partial charge on any atom is 0.143 e. The van der Waals surface area contributed by atoms with Crippen molar-refractivity contribution in [2.45, 2.75) is 26.6 Å². The fourth-order valence-electron chi connectivity index (χ4n) is 1.90. The highest BCUT2D eigenvalue weighted by molar-refractivity contribution is 5.83. The quantitative estimate of drug-likeness (QED) is 0.600. The Bertz CT molecular complexity index is 687. The normalized spacial score (nSPS) is 10.6. The predicted octanol–water partition coefficient (Wildman–Crippen LogP) is 3.90. The van der Waals surface area contributed by atoms with Crippen LogP contribution in [0.3, 0.4) is 0 Å². The van der Waals surface area contributed by atoms with Crippen molar-refractivity contribution < 1.29 is 9.57 Å². The van der Waals surface area contributed by atoms with Crippen LogP contribution in [0.25, 0.3) is 0 Å². The van der Waals surface area contributed by atoms with E-state index in [-0.39, 0.29) is 12.7 Å². The Balaban J connectivity index is 2.00. The topological polar surface area (TPSA) is 54.6 Å². The van der Waals surface area contributed by atoms with Crippen LogP contribution in [0.15, 0.2) is 53.7 Å². The lowest BCUT2D eigenvalue weighted by Crippen LogP contribution is -2.07. The molecule has 0 atom stereocenters. The van der Waals surface area contributed by atoms with Gasteiger partial charge in [-0.15, -0.1) is 0 Å². The molecule has 0 bridgehead atoms. The molecule has 0 saturated heterocycles. The van der Waals surface area contributed by atoms with Crippen molar-refractivity contribution in [2.24, 2.45) is 5.16 Å². The minimum absolute atomic E-state index is 0.0953. The molecule has 0 amide bonds. The smallest absolute Gasteiger partial charge is 0.143 e.